The van der Waals surface area contributed by atoms with E-state index in [1.807, 2.05) is 44.2 Å². The highest BCUT2D eigenvalue weighted by atomic mass is 16.4. The summed E-state index contributed by atoms with van der Waals surface area (Å²) in [6, 6.07) is 9.61. The lowest BCUT2D eigenvalue weighted by molar-refractivity contribution is 0.0937. The van der Waals surface area contributed by atoms with Crippen LogP contribution in [0.15, 0.2) is 34.7 Å². The molecule has 18 heavy (non-hydrogen) atoms. The van der Waals surface area contributed by atoms with E-state index in [0.29, 0.717) is 17.3 Å². The van der Waals surface area contributed by atoms with E-state index < -0.39 is 0 Å². The first kappa shape index (κ1) is 12.4. The Morgan fingerprint density at radius 2 is 1.94 bits per heavy atom. The smallest absolute Gasteiger partial charge is 0.273 e. The number of amides is 1. The maximum atomic E-state index is 11.9. The molecule has 94 valence electrons. The molecule has 0 spiro atoms. The molecule has 2 rings (SSSR count). The van der Waals surface area contributed by atoms with Gasteiger partial charge in [-0.3, -0.25) is 4.79 Å². The Balaban J connectivity index is 2.30. The molecular formula is C14H16N2O2. The Labute approximate surface area is 106 Å². The van der Waals surface area contributed by atoms with Gasteiger partial charge >= 0.3 is 0 Å². The van der Waals surface area contributed by atoms with Crippen molar-refractivity contribution in [3.63, 3.8) is 0 Å². The first-order chi connectivity index (χ1) is 8.58. The fourth-order valence-electron chi connectivity index (χ4n) is 1.64. The molecule has 0 aliphatic carbocycles. The maximum Gasteiger partial charge on any atom is 0.273 e. The van der Waals surface area contributed by atoms with E-state index in [9.17, 15) is 4.79 Å². The molecule has 1 aromatic carbocycles. The molecule has 1 N–H and O–H groups in total. The van der Waals surface area contributed by atoms with Crippen LogP contribution in [-0.2, 0) is 0 Å². The summed E-state index contributed by atoms with van der Waals surface area (Å²) in [5.41, 5.74) is 1.21. The molecule has 4 nitrogen and oxygen atoms in total. The maximum absolute atomic E-state index is 11.9. The van der Waals surface area contributed by atoms with Gasteiger partial charge in [0.25, 0.3) is 5.91 Å². The van der Waals surface area contributed by atoms with Crippen molar-refractivity contribution in [3.05, 3.63) is 41.8 Å². The third-order valence-electron chi connectivity index (χ3n) is 2.45. The lowest BCUT2D eigenvalue weighted by Gasteiger charge is -2.05. The number of hydrogen-bond acceptors (Lipinski definition) is 3. The number of nitrogens with one attached hydrogen (secondary N) is 1. The fraction of sp³-hybridized carbons (Fsp3) is 0.286. The number of benzene rings is 1. The summed E-state index contributed by atoms with van der Waals surface area (Å²) < 4.78 is 5.53. The topological polar surface area (TPSA) is 55.1 Å². The van der Waals surface area contributed by atoms with Gasteiger partial charge < -0.3 is 9.73 Å². The van der Waals surface area contributed by atoms with Crippen molar-refractivity contribution in [2.24, 2.45) is 0 Å². The van der Waals surface area contributed by atoms with E-state index in [0.717, 1.165) is 5.56 Å². The average Bonchev–Trinajstić information content (AvgIpc) is 2.72. The van der Waals surface area contributed by atoms with Gasteiger partial charge in [0.1, 0.15) is 5.76 Å². The van der Waals surface area contributed by atoms with E-state index in [2.05, 4.69) is 10.3 Å². The summed E-state index contributed by atoms with van der Waals surface area (Å²) in [5, 5.41) is 2.80. The molecule has 0 aliphatic rings. The molecule has 1 amide bonds. The van der Waals surface area contributed by atoms with Crippen molar-refractivity contribution in [2.45, 2.75) is 26.8 Å². The van der Waals surface area contributed by atoms with Gasteiger partial charge in [0.15, 0.2) is 5.69 Å². The van der Waals surface area contributed by atoms with Gasteiger partial charge in [-0.25, -0.2) is 4.98 Å². The molecule has 1 aromatic heterocycles. The van der Waals surface area contributed by atoms with Crippen LogP contribution in [0.1, 0.15) is 30.1 Å². The van der Waals surface area contributed by atoms with Gasteiger partial charge in [-0.2, -0.15) is 0 Å². The summed E-state index contributed by atoms with van der Waals surface area (Å²) >= 11 is 0. The molecule has 1 heterocycles. The molecule has 0 aliphatic heterocycles. The number of carbonyl (C=O) groups excluding carboxylic acids is 1. The number of nitrogens with zero attached hydrogens (tertiary/aromatic N) is 1. The highest BCUT2D eigenvalue weighted by molar-refractivity contribution is 5.93. The number of aryl methyl sites for hydroxylation is 1. The number of carbonyl (C=O) groups is 1. The predicted molar refractivity (Wildman–Crippen MR) is 69.3 cm³/mol. The molecule has 0 bridgehead atoms. The van der Waals surface area contributed by atoms with E-state index in [1.54, 1.807) is 6.92 Å². The highest BCUT2D eigenvalue weighted by Crippen LogP contribution is 2.21. The zero-order valence-electron chi connectivity index (χ0n) is 10.7. The second-order valence-corrected chi connectivity index (χ2v) is 4.42. The molecule has 2 aromatic rings. The van der Waals surface area contributed by atoms with Crippen LogP contribution in [0.2, 0.25) is 0 Å². The summed E-state index contributed by atoms with van der Waals surface area (Å²) in [5.74, 6) is 0.808. The van der Waals surface area contributed by atoms with E-state index >= 15 is 0 Å². The Bertz CT molecular complexity index is 544. The number of rotatable bonds is 3. The molecule has 0 saturated heterocycles. The van der Waals surface area contributed by atoms with Crippen LogP contribution in [0.3, 0.4) is 0 Å². The second kappa shape index (κ2) is 5.04. The summed E-state index contributed by atoms with van der Waals surface area (Å²) in [6.45, 7) is 5.56. The number of aromatic nitrogens is 1. The predicted octanol–water partition coefficient (Wildman–Crippen LogP) is 2.79. The minimum atomic E-state index is -0.201. The molecule has 0 fully saturated rings. The fourth-order valence-corrected chi connectivity index (χ4v) is 1.64. The Morgan fingerprint density at radius 3 is 2.56 bits per heavy atom. The first-order valence-corrected chi connectivity index (χ1v) is 5.91. The Hall–Kier alpha value is -2.10. The van der Waals surface area contributed by atoms with Crippen molar-refractivity contribution in [3.8, 4) is 11.5 Å². The lowest BCUT2D eigenvalue weighted by atomic mass is 10.2. The van der Waals surface area contributed by atoms with Crippen LogP contribution in [0.25, 0.3) is 11.5 Å². The van der Waals surface area contributed by atoms with Crippen LogP contribution >= 0.6 is 0 Å². The monoisotopic (exact) mass is 244 g/mol. The third-order valence-corrected chi connectivity index (χ3v) is 2.45. The quantitative estimate of drug-likeness (QED) is 0.903. The van der Waals surface area contributed by atoms with E-state index in [-0.39, 0.29) is 11.9 Å². The van der Waals surface area contributed by atoms with Gasteiger partial charge in [-0.1, -0.05) is 18.2 Å². The molecular weight excluding hydrogens is 228 g/mol. The SMILES string of the molecule is Cc1oc(-c2ccccc2)nc1C(=O)NC(C)C. The van der Waals surface area contributed by atoms with Gasteiger partial charge in [-0.15, -0.1) is 0 Å². The zero-order chi connectivity index (χ0) is 13.1. The van der Waals surface area contributed by atoms with Gasteiger partial charge in [0, 0.05) is 11.6 Å². The minimum absolute atomic E-state index is 0.0776. The average molecular weight is 244 g/mol. The van der Waals surface area contributed by atoms with Gasteiger partial charge in [0.05, 0.1) is 0 Å². The van der Waals surface area contributed by atoms with Crippen molar-refractivity contribution in [1.82, 2.24) is 10.3 Å². The van der Waals surface area contributed by atoms with Gasteiger partial charge in [-0.05, 0) is 32.9 Å². The van der Waals surface area contributed by atoms with Crippen molar-refractivity contribution < 1.29 is 9.21 Å². The van der Waals surface area contributed by atoms with E-state index in [1.165, 1.54) is 0 Å². The van der Waals surface area contributed by atoms with Crippen LogP contribution in [0, 0.1) is 6.92 Å². The first-order valence-electron chi connectivity index (χ1n) is 5.91. The van der Waals surface area contributed by atoms with Crippen molar-refractivity contribution in [1.29, 1.82) is 0 Å². The molecule has 0 saturated carbocycles. The van der Waals surface area contributed by atoms with Crippen LogP contribution < -0.4 is 5.32 Å². The number of oxazole rings is 1. The summed E-state index contributed by atoms with van der Waals surface area (Å²) in [4.78, 5) is 16.1. The van der Waals surface area contributed by atoms with Crippen LogP contribution in [0.4, 0.5) is 0 Å². The third kappa shape index (κ3) is 2.59. The summed E-state index contributed by atoms with van der Waals surface area (Å²) in [6.07, 6.45) is 0. The second-order valence-electron chi connectivity index (χ2n) is 4.42. The van der Waals surface area contributed by atoms with Crippen LogP contribution in [0.5, 0.6) is 0 Å². The Kier molecular flexibility index (Phi) is 3.46. The van der Waals surface area contributed by atoms with Gasteiger partial charge in [0.2, 0.25) is 5.89 Å². The molecule has 0 atom stereocenters. The molecule has 4 heteroatoms. The molecule has 0 unspecified atom stereocenters. The number of hydrogen-bond donors (Lipinski definition) is 1. The lowest BCUT2D eigenvalue weighted by Crippen LogP contribution is -2.30. The zero-order valence-corrected chi connectivity index (χ0v) is 10.7. The van der Waals surface area contributed by atoms with Crippen LogP contribution in [-0.4, -0.2) is 16.9 Å². The largest absolute Gasteiger partial charge is 0.441 e. The Morgan fingerprint density at radius 1 is 1.28 bits per heavy atom. The minimum Gasteiger partial charge on any atom is -0.441 e. The normalized spacial score (nSPS) is 10.7. The van der Waals surface area contributed by atoms with Crippen molar-refractivity contribution >= 4 is 5.91 Å². The van der Waals surface area contributed by atoms with E-state index in [4.69, 9.17) is 4.42 Å². The highest BCUT2D eigenvalue weighted by Gasteiger charge is 2.18. The molecule has 0 radical (unpaired) electrons. The summed E-state index contributed by atoms with van der Waals surface area (Å²) in [7, 11) is 0. The van der Waals surface area contributed by atoms with Crippen molar-refractivity contribution in [2.75, 3.05) is 0 Å². The standard InChI is InChI=1S/C14H16N2O2/c1-9(2)15-13(17)12-10(3)18-14(16-12)11-7-5-4-6-8-11/h4-9H,1-3H3,(H,15,17).